The zero-order valence-electron chi connectivity index (χ0n) is 9.17. The molecule has 82 valence electrons. The van der Waals surface area contributed by atoms with E-state index in [1.807, 2.05) is 0 Å². The zero-order valence-corrected chi connectivity index (χ0v) is 9.17. The number of hydrogen-bond acceptors (Lipinski definition) is 3. The van der Waals surface area contributed by atoms with E-state index in [1.54, 1.807) is 0 Å². The number of piperidine rings is 1. The van der Waals surface area contributed by atoms with Crippen LogP contribution in [0.25, 0.3) is 0 Å². The van der Waals surface area contributed by atoms with Crippen molar-refractivity contribution >= 4 is 0 Å². The molecule has 0 amide bonds. The Hall–Kier alpha value is -0.120. The van der Waals surface area contributed by atoms with Gasteiger partial charge in [0, 0.05) is 25.7 Å². The van der Waals surface area contributed by atoms with Crippen LogP contribution in [0.4, 0.5) is 0 Å². The number of rotatable bonds is 2. The normalized spacial score (nSPS) is 35.8. The topological polar surface area (TPSA) is 24.5 Å². The van der Waals surface area contributed by atoms with Crippen molar-refractivity contribution in [1.29, 1.82) is 0 Å². The van der Waals surface area contributed by atoms with E-state index in [0.717, 1.165) is 19.6 Å². The Kier molecular flexibility index (Phi) is 3.79. The highest BCUT2D eigenvalue weighted by atomic mass is 16.5. The Morgan fingerprint density at radius 2 is 2.00 bits per heavy atom. The fraction of sp³-hybridized carbons (Fsp3) is 1.00. The van der Waals surface area contributed by atoms with Crippen LogP contribution in [0.5, 0.6) is 0 Å². The van der Waals surface area contributed by atoms with Gasteiger partial charge in [0.05, 0.1) is 6.61 Å². The Morgan fingerprint density at radius 1 is 1.21 bits per heavy atom. The standard InChI is InChI=1S/C11H22N2O/c1-10-9-14-8-5-11(10)12-13-6-3-2-4-7-13/h10-12H,2-9H2,1H3. The molecular weight excluding hydrogens is 176 g/mol. The molecule has 2 saturated heterocycles. The van der Waals surface area contributed by atoms with Crippen molar-refractivity contribution in [3.63, 3.8) is 0 Å². The summed E-state index contributed by atoms with van der Waals surface area (Å²) in [5.74, 6) is 0.658. The monoisotopic (exact) mass is 198 g/mol. The van der Waals surface area contributed by atoms with E-state index in [0.29, 0.717) is 12.0 Å². The predicted molar refractivity (Wildman–Crippen MR) is 56.9 cm³/mol. The van der Waals surface area contributed by atoms with Gasteiger partial charge in [-0.1, -0.05) is 13.3 Å². The van der Waals surface area contributed by atoms with Crippen molar-refractivity contribution in [2.75, 3.05) is 26.3 Å². The minimum atomic E-state index is 0.641. The molecule has 2 fully saturated rings. The van der Waals surface area contributed by atoms with Crippen LogP contribution in [0.3, 0.4) is 0 Å². The molecule has 0 aromatic rings. The van der Waals surface area contributed by atoms with E-state index >= 15 is 0 Å². The third-order valence-electron chi connectivity index (χ3n) is 3.35. The second kappa shape index (κ2) is 5.10. The maximum Gasteiger partial charge on any atom is 0.0507 e. The van der Waals surface area contributed by atoms with Crippen LogP contribution in [0.15, 0.2) is 0 Å². The lowest BCUT2D eigenvalue weighted by Gasteiger charge is -2.36. The lowest BCUT2D eigenvalue weighted by Crippen LogP contribution is -2.52. The number of hydrogen-bond donors (Lipinski definition) is 1. The Labute approximate surface area is 86.8 Å². The van der Waals surface area contributed by atoms with Crippen LogP contribution < -0.4 is 5.43 Å². The SMILES string of the molecule is CC1COCCC1NN1CCCCC1. The minimum absolute atomic E-state index is 0.641. The molecule has 2 rings (SSSR count). The van der Waals surface area contributed by atoms with Crippen LogP contribution in [0.1, 0.15) is 32.6 Å². The van der Waals surface area contributed by atoms with Gasteiger partial charge in [0.15, 0.2) is 0 Å². The highest BCUT2D eigenvalue weighted by Crippen LogP contribution is 2.15. The summed E-state index contributed by atoms with van der Waals surface area (Å²) in [5.41, 5.74) is 3.66. The number of nitrogens with zero attached hydrogens (tertiary/aromatic N) is 1. The molecular formula is C11H22N2O. The van der Waals surface area contributed by atoms with Crippen molar-refractivity contribution in [3.05, 3.63) is 0 Å². The summed E-state index contributed by atoms with van der Waals surface area (Å²) in [5, 5.41) is 2.41. The molecule has 2 atom stereocenters. The lowest BCUT2D eigenvalue weighted by atomic mass is 9.98. The van der Waals surface area contributed by atoms with Gasteiger partial charge < -0.3 is 4.74 Å². The average Bonchev–Trinajstić information content (AvgIpc) is 2.23. The van der Waals surface area contributed by atoms with Crippen LogP contribution in [-0.2, 0) is 4.74 Å². The summed E-state index contributed by atoms with van der Waals surface area (Å²) in [6.07, 6.45) is 5.27. The molecule has 3 nitrogen and oxygen atoms in total. The van der Waals surface area contributed by atoms with Gasteiger partial charge in [-0.15, -0.1) is 0 Å². The van der Waals surface area contributed by atoms with Gasteiger partial charge in [-0.25, -0.2) is 5.01 Å². The summed E-state index contributed by atoms with van der Waals surface area (Å²) < 4.78 is 5.44. The summed E-state index contributed by atoms with van der Waals surface area (Å²) in [6.45, 7) is 6.58. The Balaban J connectivity index is 1.76. The second-order valence-corrected chi connectivity index (χ2v) is 4.62. The van der Waals surface area contributed by atoms with E-state index in [1.165, 1.54) is 32.4 Å². The van der Waals surface area contributed by atoms with Gasteiger partial charge >= 0.3 is 0 Å². The molecule has 0 bridgehead atoms. The average molecular weight is 198 g/mol. The maximum absolute atomic E-state index is 5.44. The van der Waals surface area contributed by atoms with Crippen LogP contribution in [0.2, 0.25) is 0 Å². The highest BCUT2D eigenvalue weighted by Gasteiger charge is 2.23. The highest BCUT2D eigenvalue weighted by molar-refractivity contribution is 4.76. The van der Waals surface area contributed by atoms with E-state index in [4.69, 9.17) is 4.74 Å². The summed E-state index contributed by atoms with van der Waals surface area (Å²) in [6, 6.07) is 0.641. The zero-order chi connectivity index (χ0) is 9.80. The third-order valence-corrected chi connectivity index (χ3v) is 3.35. The van der Waals surface area contributed by atoms with Crippen molar-refractivity contribution in [2.45, 2.75) is 38.6 Å². The Bertz CT molecular complexity index is 169. The largest absolute Gasteiger partial charge is 0.381 e. The molecule has 1 N–H and O–H groups in total. The van der Waals surface area contributed by atoms with Crippen molar-refractivity contribution in [1.82, 2.24) is 10.4 Å². The predicted octanol–water partition coefficient (Wildman–Crippen LogP) is 1.40. The molecule has 0 saturated carbocycles. The number of hydrazine groups is 1. The van der Waals surface area contributed by atoms with Crippen molar-refractivity contribution in [3.8, 4) is 0 Å². The molecule has 0 radical (unpaired) electrons. The van der Waals surface area contributed by atoms with Gasteiger partial charge in [-0.2, -0.15) is 0 Å². The summed E-state index contributed by atoms with van der Waals surface area (Å²) in [4.78, 5) is 0. The van der Waals surface area contributed by atoms with E-state index in [9.17, 15) is 0 Å². The van der Waals surface area contributed by atoms with Gasteiger partial charge in [-0.05, 0) is 25.2 Å². The lowest BCUT2D eigenvalue weighted by molar-refractivity contribution is 0.00598. The summed E-state index contributed by atoms with van der Waals surface area (Å²) >= 11 is 0. The van der Waals surface area contributed by atoms with Gasteiger partial charge in [0.25, 0.3) is 0 Å². The third kappa shape index (κ3) is 2.69. The molecule has 2 aliphatic heterocycles. The molecule has 2 aliphatic rings. The fourth-order valence-electron chi connectivity index (χ4n) is 2.33. The first-order valence-corrected chi connectivity index (χ1v) is 5.95. The first kappa shape index (κ1) is 10.4. The van der Waals surface area contributed by atoms with Crippen molar-refractivity contribution < 1.29 is 4.74 Å². The molecule has 0 aromatic heterocycles. The number of ether oxygens (including phenoxy) is 1. The smallest absolute Gasteiger partial charge is 0.0507 e. The van der Waals surface area contributed by atoms with Crippen LogP contribution in [-0.4, -0.2) is 37.4 Å². The maximum atomic E-state index is 5.44. The molecule has 3 heteroatoms. The molecule has 2 unspecified atom stereocenters. The first-order chi connectivity index (χ1) is 6.86. The van der Waals surface area contributed by atoms with Gasteiger partial charge in [0.2, 0.25) is 0 Å². The van der Waals surface area contributed by atoms with Crippen LogP contribution >= 0.6 is 0 Å². The molecule has 0 aliphatic carbocycles. The fourth-order valence-corrected chi connectivity index (χ4v) is 2.33. The quantitative estimate of drug-likeness (QED) is 0.726. The minimum Gasteiger partial charge on any atom is -0.381 e. The van der Waals surface area contributed by atoms with E-state index in [2.05, 4.69) is 17.4 Å². The van der Waals surface area contributed by atoms with Gasteiger partial charge in [-0.3, -0.25) is 5.43 Å². The van der Waals surface area contributed by atoms with Crippen LogP contribution in [0, 0.1) is 5.92 Å². The van der Waals surface area contributed by atoms with E-state index in [-0.39, 0.29) is 0 Å². The molecule has 2 heterocycles. The van der Waals surface area contributed by atoms with E-state index < -0.39 is 0 Å². The summed E-state index contributed by atoms with van der Waals surface area (Å²) in [7, 11) is 0. The Morgan fingerprint density at radius 3 is 2.71 bits per heavy atom. The van der Waals surface area contributed by atoms with Gasteiger partial charge in [0.1, 0.15) is 0 Å². The molecule has 0 aromatic carbocycles. The molecule has 14 heavy (non-hydrogen) atoms. The molecule has 0 spiro atoms. The first-order valence-electron chi connectivity index (χ1n) is 5.95. The second-order valence-electron chi connectivity index (χ2n) is 4.62. The number of nitrogens with one attached hydrogen (secondary N) is 1. The van der Waals surface area contributed by atoms with Crippen molar-refractivity contribution in [2.24, 2.45) is 5.92 Å².